The van der Waals surface area contributed by atoms with Crippen molar-refractivity contribution < 1.29 is 0 Å². The molecule has 0 aliphatic rings. The summed E-state index contributed by atoms with van der Waals surface area (Å²) in [4.78, 5) is 3.76. The quantitative estimate of drug-likeness (QED) is 0.384. The predicted octanol–water partition coefficient (Wildman–Crippen LogP) is 0.897. The number of allylic oxidation sites excluding steroid dienone is 1. The normalized spacial score (nSPS) is 13.1. The van der Waals surface area contributed by atoms with Crippen LogP contribution in [-0.2, 0) is 0 Å². The summed E-state index contributed by atoms with van der Waals surface area (Å²) >= 11 is 0. The Labute approximate surface area is 43.7 Å². The maximum atomic E-state index is 5.18. The van der Waals surface area contributed by atoms with Crippen LogP contribution < -0.4 is 5.73 Å². The number of nitrogens with zero attached hydrogens (tertiary/aromatic N) is 1. The lowest BCUT2D eigenvalue weighted by Gasteiger charge is -1.79. The Balaban J connectivity index is 3.46. The van der Waals surface area contributed by atoms with Gasteiger partial charge in [-0.25, -0.2) is 4.99 Å². The molecule has 0 spiro atoms. The van der Waals surface area contributed by atoms with Gasteiger partial charge in [-0.2, -0.15) is 0 Å². The van der Waals surface area contributed by atoms with Gasteiger partial charge < -0.3 is 5.73 Å². The van der Waals surface area contributed by atoms with Crippen molar-refractivity contribution >= 4 is 5.84 Å². The Bertz CT molecular complexity index is 88.3. The van der Waals surface area contributed by atoms with Gasteiger partial charge in [-0.15, -0.1) is 0 Å². The average Bonchev–Trinajstić information content (AvgIpc) is 1.61. The Morgan fingerprint density at radius 1 is 1.71 bits per heavy atom. The number of hydrogen-bond acceptors (Lipinski definition) is 1. The summed E-state index contributed by atoms with van der Waals surface area (Å²) < 4.78 is 0. The molecule has 0 saturated heterocycles. The molecule has 0 atom stereocenters. The molecule has 0 saturated carbocycles. The van der Waals surface area contributed by atoms with E-state index in [4.69, 9.17) is 5.73 Å². The first-order chi connectivity index (χ1) is 3.27. The van der Waals surface area contributed by atoms with E-state index in [1.807, 2.05) is 13.0 Å². The zero-order valence-electron chi connectivity index (χ0n) is 4.68. The third-order valence-electron chi connectivity index (χ3n) is 0.427. The van der Waals surface area contributed by atoms with Crippen LogP contribution in [0.4, 0.5) is 0 Å². The molecule has 2 nitrogen and oxygen atoms in total. The van der Waals surface area contributed by atoms with Gasteiger partial charge in [0.15, 0.2) is 0 Å². The van der Waals surface area contributed by atoms with E-state index in [0.29, 0.717) is 5.84 Å². The highest BCUT2D eigenvalue weighted by atomic mass is 14.8. The molecular formula is C5H10N2. The van der Waals surface area contributed by atoms with Gasteiger partial charge in [-0.3, -0.25) is 0 Å². The van der Waals surface area contributed by atoms with E-state index in [-0.39, 0.29) is 0 Å². The molecule has 0 bridgehead atoms. The van der Waals surface area contributed by atoms with Gasteiger partial charge in [0.05, 0.1) is 5.84 Å². The molecule has 0 aromatic rings. The standard InChI is InChI=1S/C5H10N2/c1-3-4-7-5(2)6/h3-4H,1-2H3,(H2,6,7). The molecule has 0 aliphatic heterocycles. The number of nitrogens with two attached hydrogens (primary N) is 1. The van der Waals surface area contributed by atoms with Crippen molar-refractivity contribution in [2.45, 2.75) is 13.8 Å². The summed E-state index contributed by atoms with van der Waals surface area (Å²) in [5, 5.41) is 0. The summed E-state index contributed by atoms with van der Waals surface area (Å²) in [6, 6.07) is 0. The average molecular weight is 98.1 g/mol. The third kappa shape index (κ3) is 5.21. The summed E-state index contributed by atoms with van der Waals surface area (Å²) in [6.45, 7) is 3.65. The Morgan fingerprint density at radius 3 is 2.43 bits per heavy atom. The molecule has 0 aromatic carbocycles. The lowest BCUT2D eigenvalue weighted by atomic mass is 10.7. The lowest BCUT2D eigenvalue weighted by Crippen LogP contribution is -2.03. The summed E-state index contributed by atoms with van der Waals surface area (Å²) in [6.07, 6.45) is 3.49. The predicted molar refractivity (Wildman–Crippen MR) is 32.1 cm³/mol. The van der Waals surface area contributed by atoms with E-state index < -0.39 is 0 Å². The van der Waals surface area contributed by atoms with Crippen molar-refractivity contribution in [2.75, 3.05) is 0 Å². The second kappa shape index (κ2) is 3.40. The van der Waals surface area contributed by atoms with E-state index in [2.05, 4.69) is 4.99 Å². The highest BCUT2D eigenvalue weighted by molar-refractivity contribution is 5.77. The number of aliphatic imine (C=N–C) groups is 1. The minimum absolute atomic E-state index is 0.595. The van der Waals surface area contributed by atoms with Gasteiger partial charge in [0.1, 0.15) is 0 Å². The molecule has 0 unspecified atom stereocenters. The topological polar surface area (TPSA) is 38.4 Å². The zero-order valence-corrected chi connectivity index (χ0v) is 4.68. The first-order valence-electron chi connectivity index (χ1n) is 2.18. The Morgan fingerprint density at radius 2 is 2.29 bits per heavy atom. The maximum Gasteiger partial charge on any atom is 0.0957 e. The third-order valence-corrected chi connectivity index (χ3v) is 0.427. The van der Waals surface area contributed by atoms with Gasteiger partial charge in [0, 0.05) is 6.20 Å². The highest BCUT2D eigenvalue weighted by Crippen LogP contribution is 1.71. The fourth-order valence-electron chi connectivity index (χ4n) is 0.192. The van der Waals surface area contributed by atoms with Crippen LogP contribution in [0.2, 0.25) is 0 Å². The monoisotopic (exact) mass is 98.1 g/mol. The largest absolute Gasteiger partial charge is 0.387 e. The van der Waals surface area contributed by atoms with Gasteiger partial charge in [-0.05, 0) is 13.8 Å². The van der Waals surface area contributed by atoms with Crippen LogP contribution >= 0.6 is 0 Å². The SMILES string of the molecule is CC=CN=C(C)N. The molecule has 0 aliphatic carbocycles. The highest BCUT2D eigenvalue weighted by Gasteiger charge is 1.66. The van der Waals surface area contributed by atoms with Gasteiger partial charge in [-0.1, -0.05) is 6.08 Å². The molecule has 0 fully saturated rings. The Hall–Kier alpha value is -0.790. The van der Waals surface area contributed by atoms with E-state index in [0.717, 1.165) is 0 Å². The smallest absolute Gasteiger partial charge is 0.0957 e. The van der Waals surface area contributed by atoms with Crippen molar-refractivity contribution in [1.29, 1.82) is 0 Å². The van der Waals surface area contributed by atoms with E-state index in [9.17, 15) is 0 Å². The minimum atomic E-state index is 0.595. The number of amidine groups is 1. The van der Waals surface area contributed by atoms with Crippen LogP contribution in [0.5, 0.6) is 0 Å². The molecule has 0 rings (SSSR count). The van der Waals surface area contributed by atoms with Crippen LogP contribution in [0.25, 0.3) is 0 Å². The molecular weight excluding hydrogens is 88.1 g/mol. The summed E-state index contributed by atoms with van der Waals surface area (Å²) in [5.74, 6) is 0.595. The zero-order chi connectivity index (χ0) is 5.70. The fraction of sp³-hybridized carbons (Fsp3) is 0.400. The molecule has 2 N–H and O–H groups in total. The van der Waals surface area contributed by atoms with E-state index in [1.165, 1.54) is 0 Å². The van der Waals surface area contributed by atoms with E-state index in [1.54, 1.807) is 13.1 Å². The Kier molecular flexibility index (Phi) is 3.02. The lowest BCUT2D eigenvalue weighted by molar-refractivity contribution is 1.45. The molecule has 2 heteroatoms. The van der Waals surface area contributed by atoms with Crippen molar-refractivity contribution in [2.24, 2.45) is 10.7 Å². The fourth-order valence-corrected chi connectivity index (χ4v) is 0.192. The molecule has 0 heterocycles. The van der Waals surface area contributed by atoms with Gasteiger partial charge >= 0.3 is 0 Å². The van der Waals surface area contributed by atoms with Crippen LogP contribution in [-0.4, -0.2) is 5.84 Å². The molecule has 0 aromatic heterocycles. The molecule has 7 heavy (non-hydrogen) atoms. The van der Waals surface area contributed by atoms with Crippen molar-refractivity contribution in [1.82, 2.24) is 0 Å². The van der Waals surface area contributed by atoms with E-state index >= 15 is 0 Å². The van der Waals surface area contributed by atoms with Gasteiger partial charge in [0.25, 0.3) is 0 Å². The molecule has 0 amide bonds. The first-order valence-corrected chi connectivity index (χ1v) is 2.18. The number of rotatable bonds is 1. The summed E-state index contributed by atoms with van der Waals surface area (Å²) in [7, 11) is 0. The summed E-state index contributed by atoms with van der Waals surface area (Å²) in [5.41, 5.74) is 5.18. The van der Waals surface area contributed by atoms with Crippen molar-refractivity contribution in [3.05, 3.63) is 12.3 Å². The van der Waals surface area contributed by atoms with Crippen molar-refractivity contribution in [3.8, 4) is 0 Å². The van der Waals surface area contributed by atoms with Crippen LogP contribution in [0.3, 0.4) is 0 Å². The molecule has 40 valence electrons. The van der Waals surface area contributed by atoms with Crippen LogP contribution in [0.15, 0.2) is 17.3 Å². The maximum absolute atomic E-state index is 5.18. The first kappa shape index (κ1) is 6.21. The second-order valence-corrected chi connectivity index (χ2v) is 1.25. The van der Waals surface area contributed by atoms with Crippen molar-refractivity contribution in [3.63, 3.8) is 0 Å². The second-order valence-electron chi connectivity index (χ2n) is 1.25. The van der Waals surface area contributed by atoms with Crippen LogP contribution in [0, 0.1) is 0 Å². The molecule has 0 radical (unpaired) electrons. The van der Waals surface area contributed by atoms with Crippen LogP contribution in [0.1, 0.15) is 13.8 Å². The minimum Gasteiger partial charge on any atom is -0.387 e. The number of hydrogen-bond donors (Lipinski definition) is 1. The van der Waals surface area contributed by atoms with Gasteiger partial charge in [0.2, 0.25) is 0 Å².